The summed E-state index contributed by atoms with van der Waals surface area (Å²) in [5, 5.41) is 0. The van der Waals surface area contributed by atoms with E-state index < -0.39 is 5.79 Å². The SMILES string of the molecule is Cc1cc(C)c(C)c(C2(CCN)OCCO2)c1C. The van der Waals surface area contributed by atoms with Crippen molar-refractivity contribution < 1.29 is 9.47 Å². The quantitative estimate of drug-likeness (QED) is 0.895. The van der Waals surface area contributed by atoms with Crippen molar-refractivity contribution in [3.8, 4) is 0 Å². The number of ether oxygens (including phenoxy) is 2. The second kappa shape index (κ2) is 5.00. The molecule has 2 N–H and O–H groups in total. The van der Waals surface area contributed by atoms with Crippen LogP contribution in [0.2, 0.25) is 0 Å². The van der Waals surface area contributed by atoms with Crippen LogP contribution in [0.3, 0.4) is 0 Å². The van der Waals surface area contributed by atoms with Gasteiger partial charge in [-0.1, -0.05) is 6.07 Å². The Morgan fingerprint density at radius 1 is 1.06 bits per heavy atom. The van der Waals surface area contributed by atoms with Gasteiger partial charge in [-0.2, -0.15) is 0 Å². The predicted molar refractivity (Wildman–Crippen MR) is 72.6 cm³/mol. The molecule has 0 unspecified atom stereocenters. The Kier molecular flexibility index (Phi) is 3.76. The summed E-state index contributed by atoms with van der Waals surface area (Å²) in [6.07, 6.45) is 0.706. The van der Waals surface area contributed by atoms with E-state index in [1.807, 2.05) is 0 Å². The molecule has 0 amide bonds. The van der Waals surface area contributed by atoms with Crippen LogP contribution in [0.4, 0.5) is 0 Å². The minimum absolute atomic E-state index is 0.561. The summed E-state index contributed by atoms with van der Waals surface area (Å²) in [4.78, 5) is 0. The molecule has 0 saturated carbocycles. The van der Waals surface area contributed by atoms with Gasteiger partial charge in [0, 0.05) is 12.0 Å². The van der Waals surface area contributed by atoms with E-state index in [9.17, 15) is 0 Å². The zero-order valence-electron chi connectivity index (χ0n) is 11.8. The number of nitrogens with two attached hydrogens (primary N) is 1. The molecule has 0 aromatic heterocycles. The normalized spacial score (nSPS) is 18.3. The van der Waals surface area contributed by atoms with Gasteiger partial charge in [0.15, 0.2) is 5.79 Å². The summed E-state index contributed by atoms with van der Waals surface area (Å²) >= 11 is 0. The first-order chi connectivity index (χ1) is 8.52. The number of hydrogen-bond acceptors (Lipinski definition) is 3. The van der Waals surface area contributed by atoms with Crippen molar-refractivity contribution in [3.63, 3.8) is 0 Å². The van der Waals surface area contributed by atoms with Gasteiger partial charge in [-0.3, -0.25) is 0 Å². The molecule has 1 aliphatic heterocycles. The molecule has 2 rings (SSSR count). The molecule has 1 saturated heterocycles. The van der Waals surface area contributed by atoms with Crippen LogP contribution < -0.4 is 5.73 Å². The number of rotatable bonds is 3. The number of benzene rings is 1. The molecule has 1 aromatic rings. The molecule has 3 heteroatoms. The number of aryl methyl sites for hydroxylation is 2. The van der Waals surface area contributed by atoms with E-state index in [1.54, 1.807) is 0 Å². The minimum atomic E-state index is -0.625. The van der Waals surface area contributed by atoms with Crippen molar-refractivity contribution in [1.29, 1.82) is 0 Å². The summed E-state index contributed by atoms with van der Waals surface area (Å²) in [6.45, 7) is 10.4. The van der Waals surface area contributed by atoms with Crippen molar-refractivity contribution in [2.24, 2.45) is 5.73 Å². The molecule has 0 aliphatic carbocycles. The lowest BCUT2D eigenvalue weighted by Gasteiger charge is -2.32. The Morgan fingerprint density at radius 3 is 2.00 bits per heavy atom. The molecular weight excluding hydrogens is 226 g/mol. The second-order valence-corrected chi connectivity index (χ2v) is 5.12. The first-order valence-electron chi connectivity index (χ1n) is 6.57. The third-order valence-electron chi connectivity index (χ3n) is 3.97. The summed E-state index contributed by atoms with van der Waals surface area (Å²) < 4.78 is 11.9. The fraction of sp³-hybridized carbons (Fsp3) is 0.600. The van der Waals surface area contributed by atoms with Gasteiger partial charge in [0.05, 0.1) is 13.2 Å². The zero-order chi connectivity index (χ0) is 13.3. The molecule has 100 valence electrons. The molecule has 1 aliphatic rings. The maximum Gasteiger partial charge on any atom is 0.196 e. The van der Waals surface area contributed by atoms with Gasteiger partial charge in [0.1, 0.15) is 0 Å². The molecule has 1 heterocycles. The Balaban J connectivity index is 2.61. The van der Waals surface area contributed by atoms with Crippen molar-refractivity contribution in [2.75, 3.05) is 19.8 Å². The molecule has 0 radical (unpaired) electrons. The van der Waals surface area contributed by atoms with Crippen LogP contribution in [0, 0.1) is 27.7 Å². The van der Waals surface area contributed by atoms with Crippen LogP contribution >= 0.6 is 0 Å². The summed E-state index contributed by atoms with van der Waals surface area (Å²) in [6, 6.07) is 2.22. The summed E-state index contributed by atoms with van der Waals surface area (Å²) in [5.41, 5.74) is 12.0. The number of hydrogen-bond donors (Lipinski definition) is 1. The molecule has 0 atom stereocenters. The van der Waals surface area contributed by atoms with E-state index in [0.717, 1.165) is 0 Å². The standard InChI is InChI=1S/C15H23NO2/c1-10-9-11(2)13(4)14(12(10)3)15(5-6-16)17-7-8-18-15/h9H,5-8,16H2,1-4H3. The molecule has 0 spiro atoms. The first kappa shape index (κ1) is 13.5. The monoisotopic (exact) mass is 249 g/mol. The van der Waals surface area contributed by atoms with Crippen LogP contribution in [0.25, 0.3) is 0 Å². The lowest BCUT2D eigenvalue weighted by atomic mass is 9.87. The van der Waals surface area contributed by atoms with Gasteiger partial charge in [0.2, 0.25) is 0 Å². The Hall–Kier alpha value is -0.900. The van der Waals surface area contributed by atoms with Crippen molar-refractivity contribution in [1.82, 2.24) is 0 Å². The van der Waals surface area contributed by atoms with Crippen LogP contribution in [-0.4, -0.2) is 19.8 Å². The smallest absolute Gasteiger partial charge is 0.196 e. The highest BCUT2D eigenvalue weighted by Gasteiger charge is 2.40. The Morgan fingerprint density at radius 2 is 1.56 bits per heavy atom. The fourth-order valence-electron chi connectivity index (χ4n) is 2.85. The largest absolute Gasteiger partial charge is 0.343 e. The molecule has 1 fully saturated rings. The average Bonchev–Trinajstić information content (AvgIpc) is 2.77. The van der Waals surface area contributed by atoms with Crippen LogP contribution in [0.15, 0.2) is 6.07 Å². The van der Waals surface area contributed by atoms with Gasteiger partial charge in [0.25, 0.3) is 0 Å². The Labute approximate surface area is 109 Å². The maximum atomic E-state index is 5.94. The van der Waals surface area contributed by atoms with Crippen LogP contribution in [-0.2, 0) is 15.3 Å². The van der Waals surface area contributed by atoms with Crippen molar-refractivity contribution >= 4 is 0 Å². The fourth-order valence-corrected chi connectivity index (χ4v) is 2.85. The van der Waals surface area contributed by atoms with E-state index in [4.69, 9.17) is 15.2 Å². The van der Waals surface area contributed by atoms with Crippen molar-refractivity contribution in [2.45, 2.75) is 39.9 Å². The summed E-state index contributed by atoms with van der Waals surface area (Å²) in [7, 11) is 0. The zero-order valence-corrected chi connectivity index (χ0v) is 11.8. The average molecular weight is 249 g/mol. The topological polar surface area (TPSA) is 44.5 Å². The molecular formula is C15H23NO2. The van der Waals surface area contributed by atoms with Gasteiger partial charge in [-0.25, -0.2) is 0 Å². The van der Waals surface area contributed by atoms with Gasteiger partial charge < -0.3 is 15.2 Å². The lowest BCUT2D eigenvalue weighted by Crippen LogP contribution is -2.32. The maximum absolute atomic E-state index is 5.94. The molecule has 18 heavy (non-hydrogen) atoms. The summed E-state index contributed by atoms with van der Waals surface area (Å²) in [5.74, 6) is -0.625. The highest BCUT2D eigenvalue weighted by atomic mass is 16.7. The predicted octanol–water partition coefficient (Wildman–Crippen LogP) is 2.47. The highest BCUT2D eigenvalue weighted by Crippen LogP contribution is 2.40. The van der Waals surface area contributed by atoms with Gasteiger partial charge in [-0.05, 0) is 56.5 Å². The molecule has 3 nitrogen and oxygen atoms in total. The van der Waals surface area contributed by atoms with Gasteiger partial charge in [-0.15, -0.1) is 0 Å². The third-order valence-corrected chi connectivity index (χ3v) is 3.97. The van der Waals surface area contributed by atoms with Crippen LogP contribution in [0.5, 0.6) is 0 Å². The van der Waals surface area contributed by atoms with Crippen molar-refractivity contribution in [3.05, 3.63) is 33.9 Å². The van der Waals surface area contributed by atoms with E-state index in [-0.39, 0.29) is 0 Å². The first-order valence-corrected chi connectivity index (χ1v) is 6.57. The van der Waals surface area contributed by atoms with E-state index >= 15 is 0 Å². The second-order valence-electron chi connectivity index (χ2n) is 5.12. The molecule has 0 bridgehead atoms. The van der Waals surface area contributed by atoms with E-state index in [0.29, 0.717) is 26.2 Å². The minimum Gasteiger partial charge on any atom is -0.343 e. The van der Waals surface area contributed by atoms with E-state index in [2.05, 4.69) is 33.8 Å². The highest BCUT2D eigenvalue weighted by molar-refractivity contribution is 5.46. The lowest BCUT2D eigenvalue weighted by molar-refractivity contribution is -0.169. The third kappa shape index (κ3) is 2.07. The molecule has 1 aromatic carbocycles. The Bertz CT molecular complexity index is 422. The van der Waals surface area contributed by atoms with Gasteiger partial charge >= 0.3 is 0 Å². The van der Waals surface area contributed by atoms with Crippen LogP contribution in [0.1, 0.15) is 34.2 Å². The van der Waals surface area contributed by atoms with E-state index in [1.165, 1.54) is 27.8 Å².